The van der Waals surface area contributed by atoms with E-state index in [0.717, 1.165) is 36.9 Å². The Morgan fingerprint density at radius 2 is 2.05 bits per heavy atom. The van der Waals surface area contributed by atoms with E-state index in [2.05, 4.69) is 17.9 Å². The van der Waals surface area contributed by atoms with Gasteiger partial charge in [-0.3, -0.25) is 4.90 Å². The van der Waals surface area contributed by atoms with Gasteiger partial charge in [-0.15, -0.1) is 0 Å². The molecule has 1 aromatic heterocycles. The molecule has 0 bridgehead atoms. The molecule has 5 heteroatoms. The van der Waals surface area contributed by atoms with Gasteiger partial charge >= 0.3 is 0 Å². The molecule has 4 nitrogen and oxygen atoms in total. The van der Waals surface area contributed by atoms with Crippen molar-refractivity contribution in [2.24, 2.45) is 5.92 Å². The van der Waals surface area contributed by atoms with Crippen LogP contribution in [0.15, 0.2) is 16.5 Å². The SMILES string of the molecule is C[C@@H]1C[C@H]1c1ccc(CN2CC[C@H](C)S(=O)(=O)CC2)o1. The lowest BCUT2D eigenvalue weighted by Crippen LogP contribution is -2.26. The van der Waals surface area contributed by atoms with Crippen LogP contribution in [-0.4, -0.2) is 37.4 Å². The minimum atomic E-state index is -2.90. The second kappa shape index (κ2) is 5.19. The van der Waals surface area contributed by atoms with Crippen LogP contribution in [0.25, 0.3) is 0 Å². The Bertz CT molecular complexity index is 578. The van der Waals surface area contributed by atoms with Gasteiger partial charge in [-0.25, -0.2) is 8.42 Å². The highest BCUT2D eigenvalue weighted by Gasteiger charge is 2.36. The maximum atomic E-state index is 11.9. The number of rotatable bonds is 3. The van der Waals surface area contributed by atoms with Gasteiger partial charge in [0.05, 0.1) is 17.5 Å². The van der Waals surface area contributed by atoms with Gasteiger partial charge in [-0.1, -0.05) is 6.92 Å². The molecule has 1 aromatic rings. The van der Waals surface area contributed by atoms with Gasteiger partial charge in [0, 0.05) is 12.5 Å². The third-order valence-corrected chi connectivity index (χ3v) is 6.91. The zero-order valence-corrected chi connectivity index (χ0v) is 13.0. The predicted molar refractivity (Wildman–Crippen MR) is 78.4 cm³/mol. The fraction of sp³-hybridized carbons (Fsp3) is 0.733. The lowest BCUT2D eigenvalue weighted by atomic mass is 10.2. The summed E-state index contributed by atoms with van der Waals surface area (Å²) in [6.45, 7) is 6.23. The van der Waals surface area contributed by atoms with E-state index >= 15 is 0 Å². The minimum absolute atomic E-state index is 0.216. The molecule has 0 aromatic carbocycles. The number of hydrogen-bond acceptors (Lipinski definition) is 4. The monoisotopic (exact) mass is 297 g/mol. The molecule has 0 unspecified atom stereocenters. The van der Waals surface area contributed by atoms with Crippen molar-refractivity contribution < 1.29 is 12.8 Å². The summed E-state index contributed by atoms with van der Waals surface area (Å²) in [7, 11) is -2.90. The van der Waals surface area contributed by atoms with Crippen LogP contribution in [0.1, 0.15) is 44.1 Å². The fourth-order valence-corrected chi connectivity index (χ4v) is 4.27. The van der Waals surface area contributed by atoms with Crippen molar-refractivity contribution >= 4 is 9.84 Å². The first kappa shape index (κ1) is 14.1. The van der Waals surface area contributed by atoms with E-state index in [1.807, 2.05) is 13.0 Å². The zero-order valence-electron chi connectivity index (χ0n) is 12.2. The maximum absolute atomic E-state index is 11.9. The average Bonchev–Trinajstić information content (AvgIpc) is 2.98. The van der Waals surface area contributed by atoms with Crippen LogP contribution in [-0.2, 0) is 16.4 Å². The van der Waals surface area contributed by atoms with Crippen LogP contribution in [0.5, 0.6) is 0 Å². The molecule has 0 radical (unpaired) electrons. The molecule has 0 amide bonds. The molecule has 1 aliphatic heterocycles. The summed E-state index contributed by atoms with van der Waals surface area (Å²) >= 11 is 0. The predicted octanol–water partition coefficient (Wildman–Crippen LogP) is 2.41. The van der Waals surface area contributed by atoms with E-state index in [4.69, 9.17) is 4.42 Å². The quantitative estimate of drug-likeness (QED) is 0.859. The highest BCUT2D eigenvalue weighted by atomic mass is 32.2. The summed E-state index contributed by atoms with van der Waals surface area (Å²) in [4.78, 5) is 2.19. The largest absolute Gasteiger partial charge is 0.464 e. The van der Waals surface area contributed by atoms with Crippen molar-refractivity contribution in [2.75, 3.05) is 18.8 Å². The highest BCUT2D eigenvalue weighted by molar-refractivity contribution is 7.92. The molecule has 0 spiro atoms. The van der Waals surface area contributed by atoms with Crippen LogP contribution < -0.4 is 0 Å². The molecule has 1 saturated carbocycles. The first-order valence-corrected chi connectivity index (χ1v) is 9.20. The topological polar surface area (TPSA) is 50.5 Å². The van der Waals surface area contributed by atoms with Gasteiger partial charge in [0.25, 0.3) is 0 Å². The van der Waals surface area contributed by atoms with Crippen molar-refractivity contribution in [2.45, 2.75) is 44.4 Å². The smallest absolute Gasteiger partial charge is 0.154 e. The van der Waals surface area contributed by atoms with E-state index in [-0.39, 0.29) is 11.0 Å². The standard InChI is InChI=1S/C15H23NO3S/c1-11-9-14(11)15-4-3-13(19-15)10-16-6-5-12(2)20(17,18)8-7-16/h3-4,11-12,14H,5-10H2,1-2H3/t11-,12+,14-/m1/s1. The second-order valence-electron chi connectivity index (χ2n) is 6.37. The Kier molecular flexibility index (Phi) is 3.67. The Morgan fingerprint density at radius 1 is 1.30 bits per heavy atom. The second-order valence-corrected chi connectivity index (χ2v) is 8.90. The van der Waals surface area contributed by atoms with Crippen molar-refractivity contribution in [1.82, 2.24) is 4.90 Å². The van der Waals surface area contributed by atoms with Gasteiger partial charge < -0.3 is 4.42 Å². The summed E-state index contributed by atoms with van der Waals surface area (Å²) in [6.07, 6.45) is 1.95. The molecule has 1 aliphatic carbocycles. The van der Waals surface area contributed by atoms with Gasteiger partial charge in [-0.2, -0.15) is 0 Å². The molecule has 2 aliphatic rings. The molecular weight excluding hydrogens is 274 g/mol. The van der Waals surface area contributed by atoms with Crippen LogP contribution in [0, 0.1) is 5.92 Å². The Hall–Kier alpha value is -0.810. The summed E-state index contributed by atoms with van der Waals surface area (Å²) in [6, 6.07) is 4.13. The molecule has 112 valence electrons. The third kappa shape index (κ3) is 2.93. The van der Waals surface area contributed by atoms with Crippen molar-refractivity contribution in [3.63, 3.8) is 0 Å². The maximum Gasteiger partial charge on any atom is 0.154 e. The molecule has 20 heavy (non-hydrogen) atoms. The lowest BCUT2D eigenvalue weighted by molar-refractivity contribution is 0.256. The van der Waals surface area contributed by atoms with E-state index in [9.17, 15) is 8.42 Å². The van der Waals surface area contributed by atoms with Gasteiger partial charge in [0.1, 0.15) is 11.5 Å². The minimum Gasteiger partial charge on any atom is -0.464 e. The summed E-state index contributed by atoms with van der Waals surface area (Å²) in [5.74, 6) is 3.68. The summed E-state index contributed by atoms with van der Waals surface area (Å²) in [5.41, 5.74) is 0. The number of nitrogens with zero attached hydrogens (tertiary/aromatic N) is 1. The lowest BCUT2D eigenvalue weighted by Gasteiger charge is -2.17. The fourth-order valence-electron chi connectivity index (χ4n) is 2.89. The van der Waals surface area contributed by atoms with E-state index < -0.39 is 9.84 Å². The molecule has 2 heterocycles. The Labute approximate surface area is 121 Å². The summed E-state index contributed by atoms with van der Waals surface area (Å²) < 4.78 is 29.7. The zero-order chi connectivity index (χ0) is 14.3. The average molecular weight is 297 g/mol. The number of hydrogen-bond donors (Lipinski definition) is 0. The van der Waals surface area contributed by atoms with E-state index in [0.29, 0.717) is 12.5 Å². The van der Waals surface area contributed by atoms with Gasteiger partial charge in [0.2, 0.25) is 0 Å². The first-order valence-electron chi connectivity index (χ1n) is 7.48. The Morgan fingerprint density at radius 3 is 2.75 bits per heavy atom. The molecule has 2 fully saturated rings. The molecular formula is C15H23NO3S. The Balaban J connectivity index is 1.62. The van der Waals surface area contributed by atoms with Crippen molar-refractivity contribution in [1.29, 1.82) is 0 Å². The first-order chi connectivity index (χ1) is 9.45. The normalized spacial score (nSPS) is 33.8. The third-order valence-electron chi connectivity index (χ3n) is 4.69. The summed E-state index contributed by atoms with van der Waals surface area (Å²) in [5, 5.41) is -0.216. The van der Waals surface area contributed by atoms with Crippen molar-refractivity contribution in [3.8, 4) is 0 Å². The van der Waals surface area contributed by atoms with Crippen LogP contribution in [0.4, 0.5) is 0 Å². The van der Waals surface area contributed by atoms with Crippen molar-refractivity contribution in [3.05, 3.63) is 23.7 Å². The van der Waals surface area contributed by atoms with E-state index in [1.54, 1.807) is 0 Å². The molecule has 3 rings (SSSR count). The van der Waals surface area contributed by atoms with E-state index in [1.165, 1.54) is 6.42 Å². The van der Waals surface area contributed by atoms with Gasteiger partial charge in [0.15, 0.2) is 9.84 Å². The van der Waals surface area contributed by atoms with Crippen LogP contribution >= 0.6 is 0 Å². The molecule has 3 atom stereocenters. The highest BCUT2D eigenvalue weighted by Crippen LogP contribution is 2.47. The van der Waals surface area contributed by atoms with Gasteiger partial charge in [-0.05, 0) is 44.4 Å². The number of furan rings is 1. The molecule has 0 N–H and O–H groups in total. The van der Waals surface area contributed by atoms with Crippen LogP contribution in [0.2, 0.25) is 0 Å². The molecule has 1 saturated heterocycles. The van der Waals surface area contributed by atoms with Crippen LogP contribution in [0.3, 0.4) is 0 Å². The number of sulfone groups is 1.